The topological polar surface area (TPSA) is 56.7 Å². The number of hydrogen-bond donors (Lipinski definition) is 1. The van der Waals surface area contributed by atoms with Gasteiger partial charge in [-0.25, -0.2) is 4.68 Å². The molecule has 0 spiro atoms. The molecule has 0 bridgehead atoms. The van der Waals surface area contributed by atoms with Crippen LogP contribution in [0, 0.1) is 0 Å². The first-order chi connectivity index (χ1) is 7.35. The van der Waals surface area contributed by atoms with Gasteiger partial charge in [0.15, 0.2) is 0 Å². The Morgan fingerprint density at radius 2 is 2.33 bits per heavy atom. The molecule has 0 aromatic carbocycles. The second kappa shape index (κ2) is 4.55. The summed E-state index contributed by atoms with van der Waals surface area (Å²) in [6, 6.07) is 4.14. The Hall–Kier alpha value is -1.20. The predicted molar refractivity (Wildman–Crippen MR) is 61.5 cm³/mol. The van der Waals surface area contributed by atoms with Crippen LogP contribution in [0.5, 0.6) is 0 Å². The van der Waals surface area contributed by atoms with Gasteiger partial charge in [-0.2, -0.15) is 0 Å². The largest absolute Gasteiger partial charge is 0.326 e. The van der Waals surface area contributed by atoms with E-state index in [0.29, 0.717) is 6.54 Å². The third-order valence-electron chi connectivity index (χ3n) is 2.17. The van der Waals surface area contributed by atoms with Crippen LogP contribution in [-0.4, -0.2) is 15.0 Å². The molecule has 0 saturated heterocycles. The van der Waals surface area contributed by atoms with Gasteiger partial charge in [-0.3, -0.25) is 0 Å². The normalized spacial score (nSPS) is 10.8. The molecule has 2 N–H and O–H groups in total. The third-order valence-corrected chi connectivity index (χ3v) is 3.30. The highest BCUT2D eigenvalue weighted by Crippen LogP contribution is 2.27. The molecule has 0 aliphatic rings. The highest BCUT2D eigenvalue weighted by molar-refractivity contribution is 7.15. The number of hydrogen-bond acceptors (Lipinski definition) is 4. The lowest BCUT2D eigenvalue weighted by Crippen LogP contribution is -2.00. The molecule has 0 aliphatic heterocycles. The molecule has 0 saturated carbocycles. The van der Waals surface area contributed by atoms with Gasteiger partial charge in [-0.05, 0) is 18.6 Å². The van der Waals surface area contributed by atoms with E-state index in [0.717, 1.165) is 18.7 Å². The standard InChI is InChI=1S/C10H14N4S/c1-2-5-14-9(7-12-13-14)10-4-3-8(6-11)15-10/h3-4,7H,2,5-6,11H2,1H3. The Bertz CT molecular complexity index is 432. The average molecular weight is 222 g/mol. The highest BCUT2D eigenvalue weighted by atomic mass is 32.1. The fourth-order valence-electron chi connectivity index (χ4n) is 1.45. The summed E-state index contributed by atoms with van der Waals surface area (Å²) in [6.45, 7) is 3.64. The van der Waals surface area contributed by atoms with Crippen molar-refractivity contribution in [3.8, 4) is 10.6 Å². The van der Waals surface area contributed by atoms with Gasteiger partial charge in [0.1, 0.15) is 0 Å². The van der Waals surface area contributed by atoms with Crippen molar-refractivity contribution in [3.05, 3.63) is 23.2 Å². The maximum atomic E-state index is 5.59. The monoisotopic (exact) mass is 222 g/mol. The molecule has 4 nitrogen and oxygen atoms in total. The van der Waals surface area contributed by atoms with Crippen LogP contribution in [0.25, 0.3) is 10.6 Å². The third kappa shape index (κ3) is 2.08. The minimum absolute atomic E-state index is 0.597. The lowest BCUT2D eigenvalue weighted by atomic mass is 10.3. The van der Waals surface area contributed by atoms with Crippen molar-refractivity contribution in [2.45, 2.75) is 26.4 Å². The number of nitrogens with two attached hydrogens (primary N) is 1. The van der Waals surface area contributed by atoms with E-state index >= 15 is 0 Å². The Balaban J connectivity index is 2.31. The Kier molecular flexibility index (Phi) is 3.13. The molecule has 0 unspecified atom stereocenters. The fraction of sp³-hybridized carbons (Fsp3) is 0.400. The summed E-state index contributed by atoms with van der Waals surface area (Å²) in [4.78, 5) is 2.38. The molecular weight excluding hydrogens is 208 g/mol. The summed E-state index contributed by atoms with van der Waals surface area (Å²) in [5, 5.41) is 8.00. The zero-order valence-electron chi connectivity index (χ0n) is 8.68. The van der Waals surface area contributed by atoms with Crippen LogP contribution in [0.1, 0.15) is 18.2 Å². The molecule has 2 rings (SSSR count). The van der Waals surface area contributed by atoms with Crippen LogP contribution >= 0.6 is 11.3 Å². The van der Waals surface area contributed by atoms with Crippen molar-refractivity contribution >= 4 is 11.3 Å². The van der Waals surface area contributed by atoms with Gasteiger partial charge < -0.3 is 5.73 Å². The van der Waals surface area contributed by atoms with Gasteiger partial charge in [0.25, 0.3) is 0 Å². The van der Waals surface area contributed by atoms with Gasteiger partial charge in [-0.1, -0.05) is 12.1 Å². The SMILES string of the molecule is CCCn1nncc1-c1ccc(CN)s1. The number of rotatable bonds is 4. The van der Waals surface area contributed by atoms with E-state index in [-0.39, 0.29) is 0 Å². The van der Waals surface area contributed by atoms with Gasteiger partial charge in [-0.15, -0.1) is 16.4 Å². The van der Waals surface area contributed by atoms with E-state index in [9.17, 15) is 0 Å². The Morgan fingerprint density at radius 1 is 1.47 bits per heavy atom. The number of aromatic nitrogens is 3. The van der Waals surface area contributed by atoms with Crippen molar-refractivity contribution < 1.29 is 0 Å². The molecule has 0 fully saturated rings. The molecular formula is C10H14N4S. The molecule has 0 atom stereocenters. The van der Waals surface area contributed by atoms with Crippen molar-refractivity contribution in [1.82, 2.24) is 15.0 Å². The van der Waals surface area contributed by atoms with Gasteiger partial charge in [0.05, 0.1) is 16.8 Å². The van der Waals surface area contributed by atoms with E-state index in [2.05, 4.69) is 29.4 Å². The summed E-state index contributed by atoms with van der Waals surface area (Å²) in [5.74, 6) is 0. The molecule has 80 valence electrons. The summed E-state index contributed by atoms with van der Waals surface area (Å²) >= 11 is 1.70. The van der Waals surface area contributed by atoms with Crippen LogP contribution in [0.15, 0.2) is 18.3 Å². The van der Waals surface area contributed by atoms with E-state index in [1.165, 1.54) is 9.75 Å². The minimum Gasteiger partial charge on any atom is -0.326 e. The maximum Gasteiger partial charge on any atom is 0.0985 e. The average Bonchev–Trinajstić information content (AvgIpc) is 2.85. The summed E-state index contributed by atoms with van der Waals surface area (Å²) in [7, 11) is 0. The zero-order valence-corrected chi connectivity index (χ0v) is 9.50. The van der Waals surface area contributed by atoms with Gasteiger partial charge in [0, 0.05) is 18.0 Å². The molecule has 0 amide bonds. The summed E-state index contributed by atoms with van der Waals surface area (Å²) < 4.78 is 1.94. The van der Waals surface area contributed by atoms with E-state index in [4.69, 9.17) is 5.73 Å². The fourth-order valence-corrected chi connectivity index (χ4v) is 2.35. The Labute approximate surface area is 92.7 Å². The van der Waals surface area contributed by atoms with Crippen molar-refractivity contribution in [2.75, 3.05) is 0 Å². The molecule has 2 aromatic heterocycles. The molecule has 5 heteroatoms. The van der Waals surface area contributed by atoms with E-state index in [1.54, 1.807) is 11.3 Å². The van der Waals surface area contributed by atoms with Gasteiger partial charge in [0.2, 0.25) is 0 Å². The van der Waals surface area contributed by atoms with Crippen LogP contribution in [0.3, 0.4) is 0 Å². The summed E-state index contributed by atoms with van der Waals surface area (Å²) in [5.41, 5.74) is 6.67. The van der Waals surface area contributed by atoms with Crippen LogP contribution < -0.4 is 5.73 Å². The molecule has 2 aromatic rings. The molecule has 0 radical (unpaired) electrons. The smallest absolute Gasteiger partial charge is 0.0985 e. The maximum absolute atomic E-state index is 5.59. The lowest BCUT2D eigenvalue weighted by Gasteiger charge is -2.01. The lowest BCUT2D eigenvalue weighted by molar-refractivity contribution is 0.584. The first kappa shape index (κ1) is 10.3. The second-order valence-electron chi connectivity index (χ2n) is 3.31. The first-order valence-electron chi connectivity index (χ1n) is 5.02. The van der Waals surface area contributed by atoms with E-state index in [1.807, 2.05) is 10.9 Å². The minimum atomic E-state index is 0.597. The summed E-state index contributed by atoms with van der Waals surface area (Å²) in [6.07, 6.45) is 2.87. The van der Waals surface area contributed by atoms with Crippen LogP contribution in [0.4, 0.5) is 0 Å². The van der Waals surface area contributed by atoms with Crippen LogP contribution in [-0.2, 0) is 13.1 Å². The van der Waals surface area contributed by atoms with E-state index < -0.39 is 0 Å². The quantitative estimate of drug-likeness (QED) is 0.859. The van der Waals surface area contributed by atoms with Crippen molar-refractivity contribution in [3.63, 3.8) is 0 Å². The number of nitrogens with zero attached hydrogens (tertiary/aromatic N) is 3. The van der Waals surface area contributed by atoms with Crippen molar-refractivity contribution in [1.29, 1.82) is 0 Å². The second-order valence-corrected chi connectivity index (χ2v) is 4.48. The number of thiophene rings is 1. The highest BCUT2D eigenvalue weighted by Gasteiger charge is 2.08. The first-order valence-corrected chi connectivity index (χ1v) is 5.84. The molecule has 0 aliphatic carbocycles. The van der Waals surface area contributed by atoms with Gasteiger partial charge >= 0.3 is 0 Å². The zero-order chi connectivity index (χ0) is 10.7. The predicted octanol–water partition coefficient (Wildman–Crippen LogP) is 1.88. The van der Waals surface area contributed by atoms with Crippen LogP contribution in [0.2, 0.25) is 0 Å². The Morgan fingerprint density at radius 3 is 3.00 bits per heavy atom. The molecule has 2 heterocycles. The van der Waals surface area contributed by atoms with Crippen molar-refractivity contribution in [2.24, 2.45) is 5.73 Å². The molecule has 15 heavy (non-hydrogen) atoms. The number of aryl methyl sites for hydroxylation is 1.